The standard InChI is InChI=1S/C23H23ClN4O/c1-22(2)15-7-6-14(27-11-10-25-23(13-27)8-9-23)12-18(15)28-17-5-3-4-16(24)19(17)20(29)26-21(22)28/h3-7,12,25H,8-11,13H2,1-2H3. The van der Waals surface area contributed by atoms with Crippen LogP contribution in [-0.4, -0.2) is 34.7 Å². The quantitative estimate of drug-likeness (QED) is 0.670. The molecule has 0 unspecified atom stereocenters. The van der Waals surface area contributed by atoms with E-state index in [1.54, 1.807) is 6.07 Å². The van der Waals surface area contributed by atoms with Crippen LogP contribution in [0.4, 0.5) is 5.69 Å². The summed E-state index contributed by atoms with van der Waals surface area (Å²) in [6, 6.07) is 12.3. The fourth-order valence-electron chi connectivity index (χ4n) is 5.10. The highest BCUT2D eigenvalue weighted by atomic mass is 35.5. The Balaban J connectivity index is 1.58. The maximum Gasteiger partial charge on any atom is 0.282 e. The Hall–Kier alpha value is -2.37. The average Bonchev–Trinajstić information content (AvgIpc) is 3.40. The third-order valence-corrected chi connectivity index (χ3v) is 7.23. The molecule has 1 spiro atoms. The lowest BCUT2D eigenvalue weighted by Crippen LogP contribution is -2.52. The molecule has 1 saturated carbocycles. The van der Waals surface area contributed by atoms with E-state index in [0.717, 1.165) is 36.7 Å². The SMILES string of the molecule is CC1(C)c2ccc(N3CCNC4(CC4)C3)cc2-n2c1nc(=O)c1c(Cl)cccc12. The molecule has 148 valence electrons. The Bertz CT molecular complexity index is 1240. The highest BCUT2D eigenvalue weighted by Crippen LogP contribution is 2.45. The Kier molecular flexibility index (Phi) is 3.38. The third-order valence-electron chi connectivity index (χ3n) is 6.91. The van der Waals surface area contributed by atoms with Crippen LogP contribution in [0.3, 0.4) is 0 Å². The second-order valence-electron chi connectivity index (χ2n) is 9.17. The molecular formula is C23H23ClN4O. The summed E-state index contributed by atoms with van der Waals surface area (Å²) in [5.74, 6) is 0.781. The maximum atomic E-state index is 12.8. The van der Waals surface area contributed by atoms with E-state index >= 15 is 0 Å². The monoisotopic (exact) mass is 406 g/mol. The summed E-state index contributed by atoms with van der Waals surface area (Å²) >= 11 is 6.39. The van der Waals surface area contributed by atoms with Crippen LogP contribution >= 0.6 is 11.6 Å². The number of rotatable bonds is 1. The third kappa shape index (κ3) is 2.37. The van der Waals surface area contributed by atoms with Gasteiger partial charge in [-0.1, -0.05) is 23.7 Å². The van der Waals surface area contributed by atoms with Gasteiger partial charge in [-0.2, -0.15) is 4.98 Å². The van der Waals surface area contributed by atoms with Gasteiger partial charge in [-0.25, -0.2) is 0 Å². The summed E-state index contributed by atoms with van der Waals surface area (Å²) in [5.41, 5.74) is 4.08. The first-order valence-electron chi connectivity index (χ1n) is 10.3. The molecule has 1 aliphatic carbocycles. The van der Waals surface area contributed by atoms with Gasteiger partial charge in [0.15, 0.2) is 0 Å². The first kappa shape index (κ1) is 17.5. The molecule has 1 aromatic heterocycles. The van der Waals surface area contributed by atoms with Crippen LogP contribution in [0, 0.1) is 0 Å². The van der Waals surface area contributed by atoms with Crippen LogP contribution in [0.1, 0.15) is 38.1 Å². The van der Waals surface area contributed by atoms with Crippen molar-refractivity contribution >= 4 is 28.2 Å². The van der Waals surface area contributed by atoms with E-state index in [4.69, 9.17) is 11.6 Å². The predicted molar refractivity (Wildman–Crippen MR) is 117 cm³/mol. The van der Waals surface area contributed by atoms with Gasteiger partial charge in [0.05, 0.1) is 27.0 Å². The Morgan fingerprint density at radius 3 is 2.79 bits per heavy atom. The first-order chi connectivity index (χ1) is 13.9. The van der Waals surface area contributed by atoms with Crippen molar-refractivity contribution in [3.63, 3.8) is 0 Å². The molecule has 3 aromatic rings. The number of piperazine rings is 1. The normalized spacial score (nSPS) is 20.7. The van der Waals surface area contributed by atoms with Crippen molar-refractivity contribution in [3.05, 3.63) is 63.2 Å². The zero-order valence-electron chi connectivity index (χ0n) is 16.6. The number of halogens is 1. The molecule has 0 radical (unpaired) electrons. The fraction of sp³-hybridized carbons (Fsp3) is 0.391. The van der Waals surface area contributed by atoms with Gasteiger partial charge in [-0.15, -0.1) is 0 Å². The van der Waals surface area contributed by atoms with Gasteiger partial charge in [0.25, 0.3) is 5.56 Å². The Morgan fingerprint density at radius 2 is 2.00 bits per heavy atom. The minimum absolute atomic E-state index is 0.254. The number of anilines is 1. The van der Waals surface area contributed by atoms with E-state index in [2.05, 4.69) is 51.8 Å². The minimum atomic E-state index is -0.343. The van der Waals surface area contributed by atoms with Gasteiger partial charge >= 0.3 is 0 Å². The molecule has 29 heavy (non-hydrogen) atoms. The van der Waals surface area contributed by atoms with Crippen LogP contribution in [0.2, 0.25) is 5.02 Å². The second-order valence-corrected chi connectivity index (χ2v) is 9.57. The zero-order chi connectivity index (χ0) is 20.0. The molecule has 1 N–H and O–H groups in total. The summed E-state index contributed by atoms with van der Waals surface area (Å²) < 4.78 is 2.14. The molecule has 6 rings (SSSR count). The largest absolute Gasteiger partial charge is 0.368 e. The molecule has 3 heterocycles. The van der Waals surface area contributed by atoms with Gasteiger partial charge in [-0.05, 0) is 56.5 Å². The smallest absolute Gasteiger partial charge is 0.282 e. The van der Waals surface area contributed by atoms with Crippen LogP contribution < -0.4 is 15.8 Å². The van der Waals surface area contributed by atoms with E-state index < -0.39 is 0 Å². The minimum Gasteiger partial charge on any atom is -0.368 e. The molecule has 2 aromatic carbocycles. The number of aromatic nitrogens is 2. The highest BCUT2D eigenvalue weighted by molar-refractivity contribution is 6.35. The summed E-state index contributed by atoms with van der Waals surface area (Å²) in [4.78, 5) is 19.7. The van der Waals surface area contributed by atoms with Crippen molar-refractivity contribution in [3.8, 4) is 5.69 Å². The number of hydrogen-bond donors (Lipinski definition) is 1. The molecule has 0 amide bonds. The van der Waals surface area contributed by atoms with Crippen molar-refractivity contribution in [2.45, 2.75) is 37.6 Å². The summed E-state index contributed by atoms with van der Waals surface area (Å²) in [6.07, 6.45) is 2.52. The Labute approximate surface area is 174 Å². The number of hydrogen-bond acceptors (Lipinski definition) is 4. The molecule has 2 fully saturated rings. The van der Waals surface area contributed by atoms with Crippen LogP contribution in [0.25, 0.3) is 16.6 Å². The molecular weight excluding hydrogens is 384 g/mol. The molecule has 2 aliphatic heterocycles. The average molecular weight is 407 g/mol. The number of nitrogens with one attached hydrogen (secondary N) is 1. The molecule has 0 bridgehead atoms. The summed E-state index contributed by atoms with van der Waals surface area (Å²) in [5, 5.41) is 4.63. The number of benzene rings is 2. The molecule has 6 heteroatoms. The highest BCUT2D eigenvalue weighted by Gasteiger charge is 2.46. The molecule has 1 saturated heterocycles. The maximum absolute atomic E-state index is 12.8. The van der Waals surface area contributed by atoms with E-state index in [1.165, 1.54) is 24.1 Å². The van der Waals surface area contributed by atoms with Crippen molar-refractivity contribution in [1.82, 2.24) is 14.9 Å². The van der Waals surface area contributed by atoms with Gasteiger partial charge in [0.2, 0.25) is 0 Å². The number of fused-ring (bicyclic) bond motifs is 5. The zero-order valence-corrected chi connectivity index (χ0v) is 17.4. The molecule has 5 nitrogen and oxygen atoms in total. The van der Waals surface area contributed by atoms with E-state index in [-0.39, 0.29) is 11.0 Å². The lowest BCUT2D eigenvalue weighted by Gasteiger charge is -2.36. The van der Waals surface area contributed by atoms with Gasteiger partial charge in [0, 0.05) is 30.9 Å². The van der Waals surface area contributed by atoms with Gasteiger partial charge in [-0.3, -0.25) is 9.36 Å². The molecule has 0 atom stereocenters. The Morgan fingerprint density at radius 1 is 1.17 bits per heavy atom. The van der Waals surface area contributed by atoms with Gasteiger partial charge in [0.1, 0.15) is 5.82 Å². The van der Waals surface area contributed by atoms with Crippen LogP contribution in [0.5, 0.6) is 0 Å². The first-order valence-corrected chi connectivity index (χ1v) is 10.6. The van der Waals surface area contributed by atoms with Crippen LogP contribution in [0.15, 0.2) is 41.2 Å². The second kappa shape index (κ2) is 5.61. The van der Waals surface area contributed by atoms with Crippen molar-refractivity contribution in [2.24, 2.45) is 0 Å². The molecule has 3 aliphatic rings. The van der Waals surface area contributed by atoms with Crippen LogP contribution in [-0.2, 0) is 5.41 Å². The topological polar surface area (TPSA) is 50.2 Å². The van der Waals surface area contributed by atoms with Crippen molar-refractivity contribution in [2.75, 3.05) is 24.5 Å². The van der Waals surface area contributed by atoms with E-state index in [0.29, 0.717) is 15.9 Å². The lowest BCUT2D eigenvalue weighted by molar-refractivity contribution is 0.442. The lowest BCUT2D eigenvalue weighted by atomic mass is 9.85. The van der Waals surface area contributed by atoms with Crippen molar-refractivity contribution in [1.29, 1.82) is 0 Å². The van der Waals surface area contributed by atoms with Crippen molar-refractivity contribution < 1.29 is 0 Å². The fourth-order valence-corrected chi connectivity index (χ4v) is 5.35. The summed E-state index contributed by atoms with van der Waals surface area (Å²) in [6.45, 7) is 7.35. The van der Waals surface area contributed by atoms with Gasteiger partial charge < -0.3 is 10.2 Å². The van der Waals surface area contributed by atoms with E-state index in [9.17, 15) is 4.79 Å². The van der Waals surface area contributed by atoms with E-state index in [1.807, 2.05) is 12.1 Å². The predicted octanol–water partition coefficient (Wildman–Crippen LogP) is 3.62. The number of nitrogens with zero attached hydrogens (tertiary/aromatic N) is 3. The summed E-state index contributed by atoms with van der Waals surface area (Å²) in [7, 11) is 0.